The molecular formula is C23H24N4O2. The number of ether oxygens (including phenoxy) is 1. The molecule has 1 amide bonds. The molecule has 1 aliphatic heterocycles. The van der Waals surface area contributed by atoms with Crippen LogP contribution in [0.15, 0.2) is 67.0 Å². The molecule has 29 heavy (non-hydrogen) atoms. The van der Waals surface area contributed by atoms with Crippen molar-refractivity contribution >= 4 is 11.7 Å². The average molecular weight is 388 g/mol. The van der Waals surface area contributed by atoms with E-state index in [-0.39, 0.29) is 11.9 Å². The number of anilines is 1. The van der Waals surface area contributed by atoms with Gasteiger partial charge in [0, 0.05) is 37.3 Å². The van der Waals surface area contributed by atoms with Gasteiger partial charge in [-0.2, -0.15) is 0 Å². The third-order valence-corrected chi connectivity index (χ3v) is 5.10. The molecule has 2 aromatic carbocycles. The Morgan fingerprint density at radius 3 is 2.52 bits per heavy atom. The first-order valence-electron chi connectivity index (χ1n) is 9.78. The number of piperazine rings is 1. The van der Waals surface area contributed by atoms with Gasteiger partial charge in [0.1, 0.15) is 17.9 Å². The Bertz CT molecular complexity index is 976. The first-order valence-corrected chi connectivity index (χ1v) is 9.78. The molecule has 4 rings (SSSR count). The maximum absolute atomic E-state index is 12.8. The molecular weight excluding hydrogens is 364 g/mol. The molecule has 0 N–H and O–H groups in total. The van der Waals surface area contributed by atoms with Crippen molar-refractivity contribution in [2.45, 2.75) is 19.9 Å². The minimum absolute atomic E-state index is 0.0730. The molecule has 148 valence electrons. The monoisotopic (exact) mass is 388 g/mol. The lowest BCUT2D eigenvalue weighted by molar-refractivity contribution is 0.0673. The van der Waals surface area contributed by atoms with Crippen molar-refractivity contribution < 1.29 is 9.53 Å². The van der Waals surface area contributed by atoms with Gasteiger partial charge in [-0.05, 0) is 38.1 Å². The van der Waals surface area contributed by atoms with Crippen LogP contribution in [0, 0.1) is 6.92 Å². The van der Waals surface area contributed by atoms with Crippen LogP contribution < -0.4 is 9.64 Å². The summed E-state index contributed by atoms with van der Waals surface area (Å²) in [7, 11) is 0. The van der Waals surface area contributed by atoms with Crippen LogP contribution in [0.1, 0.15) is 22.8 Å². The van der Waals surface area contributed by atoms with Gasteiger partial charge in [-0.1, -0.05) is 35.9 Å². The molecule has 1 atom stereocenters. The van der Waals surface area contributed by atoms with E-state index in [1.165, 1.54) is 11.9 Å². The Balaban J connectivity index is 1.44. The minimum atomic E-state index is 0.0730. The van der Waals surface area contributed by atoms with E-state index in [0.717, 1.165) is 17.1 Å². The Morgan fingerprint density at radius 2 is 1.79 bits per heavy atom. The SMILES string of the molecule is Cc1ccc(Oc2cc(N3CCN(C(=O)c4ccccc4)[C@H](C)C3)ncn2)cc1. The Hall–Kier alpha value is -3.41. The van der Waals surface area contributed by atoms with E-state index in [1.807, 2.05) is 72.5 Å². The zero-order valence-corrected chi connectivity index (χ0v) is 16.7. The van der Waals surface area contributed by atoms with Crippen molar-refractivity contribution in [1.29, 1.82) is 0 Å². The van der Waals surface area contributed by atoms with Crippen molar-refractivity contribution in [2.24, 2.45) is 0 Å². The summed E-state index contributed by atoms with van der Waals surface area (Å²) in [5.41, 5.74) is 1.90. The first-order chi connectivity index (χ1) is 14.1. The van der Waals surface area contributed by atoms with Gasteiger partial charge in [0.15, 0.2) is 0 Å². The van der Waals surface area contributed by atoms with E-state index in [1.54, 1.807) is 0 Å². The molecule has 1 saturated heterocycles. The molecule has 6 heteroatoms. The summed E-state index contributed by atoms with van der Waals surface area (Å²) >= 11 is 0. The fourth-order valence-electron chi connectivity index (χ4n) is 3.50. The van der Waals surface area contributed by atoms with Gasteiger partial charge in [0.25, 0.3) is 5.91 Å². The minimum Gasteiger partial charge on any atom is -0.439 e. The fourth-order valence-corrected chi connectivity index (χ4v) is 3.50. The number of rotatable bonds is 4. The van der Waals surface area contributed by atoms with Crippen molar-refractivity contribution in [3.63, 3.8) is 0 Å². The molecule has 3 aromatic rings. The van der Waals surface area contributed by atoms with E-state index in [0.29, 0.717) is 25.5 Å². The largest absolute Gasteiger partial charge is 0.439 e. The summed E-state index contributed by atoms with van der Waals surface area (Å²) < 4.78 is 5.87. The number of carbonyl (C=O) groups excluding carboxylic acids is 1. The quantitative estimate of drug-likeness (QED) is 0.678. The van der Waals surface area contributed by atoms with Crippen LogP contribution in [0.4, 0.5) is 5.82 Å². The first kappa shape index (κ1) is 18.9. The van der Waals surface area contributed by atoms with Crippen molar-refractivity contribution in [3.05, 3.63) is 78.1 Å². The predicted molar refractivity (Wildman–Crippen MR) is 112 cm³/mol. The van der Waals surface area contributed by atoms with Crippen LogP contribution in [0.3, 0.4) is 0 Å². The standard InChI is InChI=1S/C23H24N4O2/c1-17-8-10-20(11-9-17)29-22-14-21(24-16-25-22)26-12-13-27(18(2)15-26)23(28)19-6-4-3-5-7-19/h3-11,14,16,18H,12-13,15H2,1-2H3/t18-/m1/s1. The van der Waals surface area contributed by atoms with Crippen LogP contribution in [-0.4, -0.2) is 46.5 Å². The lowest BCUT2D eigenvalue weighted by Gasteiger charge is -2.40. The van der Waals surface area contributed by atoms with Crippen molar-refractivity contribution in [2.75, 3.05) is 24.5 Å². The van der Waals surface area contributed by atoms with Crippen LogP contribution in [-0.2, 0) is 0 Å². The Morgan fingerprint density at radius 1 is 1.03 bits per heavy atom. The Labute approximate surface area is 170 Å². The predicted octanol–water partition coefficient (Wildman–Crippen LogP) is 3.93. The molecule has 0 radical (unpaired) electrons. The third-order valence-electron chi connectivity index (χ3n) is 5.10. The van der Waals surface area contributed by atoms with Crippen molar-refractivity contribution in [3.8, 4) is 11.6 Å². The zero-order valence-electron chi connectivity index (χ0n) is 16.7. The molecule has 1 fully saturated rings. The molecule has 0 aliphatic carbocycles. The second-order valence-corrected chi connectivity index (χ2v) is 7.29. The Kier molecular flexibility index (Phi) is 5.42. The lowest BCUT2D eigenvalue weighted by Crippen LogP contribution is -2.54. The molecule has 0 spiro atoms. The lowest BCUT2D eigenvalue weighted by atomic mass is 10.1. The number of aryl methyl sites for hydroxylation is 1. The normalized spacial score (nSPS) is 16.6. The number of hydrogen-bond donors (Lipinski definition) is 0. The highest BCUT2D eigenvalue weighted by molar-refractivity contribution is 5.94. The van der Waals surface area contributed by atoms with Crippen LogP contribution in [0.5, 0.6) is 11.6 Å². The highest BCUT2D eigenvalue weighted by atomic mass is 16.5. The number of nitrogens with zero attached hydrogens (tertiary/aromatic N) is 4. The third kappa shape index (κ3) is 4.37. The maximum atomic E-state index is 12.8. The van der Waals surface area contributed by atoms with E-state index >= 15 is 0 Å². The molecule has 0 bridgehead atoms. The van der Waals surface area contributed by atoms with Gasteiger partial charge in [-0.25, -0.2) is 9.97 Å². The topological polar surface area (TPSA) is 58.6 Å². The smallest absolute Gasteiger partial charge is 0.254 e. The van der Waals surface area contributed by atoms with E-state index in [9.17, 15) is 4.79 Å². The average Bonchev–Trinajstić information content (AvgIpc) is 2.76. The summed E-state index contributed by atoms with van der Waals surface area (Å²) in [6, 6.07) is 19.2. The molecule has 1 aliphatic rings. The fraction of sp³-hybridized carbons (Fsp3) is 0.261. The summed E-state index contributed by atoms with van der Waals surface area (Å²) in [6.45, 7) is 6.17. The summed E-state index contributed by atoms with van der Waals surface area (Å²) in [5, 5.41) is 0. The summed E-state index contributed by atoms with van der Waals surface area (Å²) in [4.78, 5) is 25.5. The molecule has 0 unspecified atom stereocenters. The maximum Gasteiger partial charge on any atom is 0.254 e. The highest BCUT2D eigenvalue weighted by Crippen LogP contribution is 2.24. The van der Waals surface area contributed by atoms with Gasteiger partial charge < -0.3 is 14.5 Å². The van der Waals surface area contributed by atoms with Gasteiger partial charge in [-0.15, -0.1) is 0 Å². The van der Waals surface area contributed by atoms with Gasteiger partial charge in [0.2, 0.25) is 5.88 Å². The van der Waals surface area contributed by atoms with Gasteiger partial charge in [-0.3, -0.25) is 4.79 Å². The van der Waals surface area contributed by atoms with E-state index in [4.69, 9.17) is 4.74 Å². The zero-order chi connectivity index (χ0) is 20.2. The molecule has 0 saturated carbocycles. The van der Waals surface area contributed by atoms with E-state index in [2.05, 4.69) is 21.8 Å². The highest BCUT2D eigenvalue weighted by Gasteiger charge is 2.28. The van der Waals surface area contributed by atoms with Crippen LogP contribution in [0.2, 0.25) is 0 Å². The number of carbonyl (C=O) groups is 1. The van der Waals surface area contributed by atoms with Crippen molar-refractivity contribution in [1.82, 2.24) is 14.9 Å². The summed E-state index contributed by atoms with van der Waals surface area (Å²) in [5.74, 6) is 2.13. The second-order valence-electron chi connectivity index (χ2n) is 7.29. The number of benzene rings is 2. The van der Waals surface area contributed by atoms with Gasteiger partial charge >= 0.3 is 0 Å². The van der Waals surface area contributed by atoms with Gasteiger partial charge in [0.05, 0.1) is 0 Å². The number of aromatic nitrogens is 2. The second kappa shape index (κ2) is 8.31. The molecule has 1 aromatic heterocycles. The number of amides is 1. The van der Waals surface area contributed by atoms with E-state index < -0.39 is 0 Å². The van der Waals surface area contributed by atoms with Crippen LogP contribution >= 0.6 is 0 Å². The summed E-state index contributed by atoms with van der Waals surface area (Å²) in [6.07, 6.45) is 1.52. The van der Waals surface area contributed by atoms with Crippen LogP contribution in [0.25, 0.3) is 0 Å². The number of hydrogen-bond acceptors (Lipinski definition) is 5. The molecule has 2 heterocycles. The molecule has 6 nitrogen and oxygen atoms in total.